The third-order valence-electron chi connectivity index (χ3n) is 1.34. The Morgan fingerprint density at radius 2 is 2.27 bits per heavy atom. The van der Waals surface area contributed by atoms with Crippen LogP contribution < -0.4 is 0 Å². The van der Waals surface area contributed by atoms with E-state index in [1.807, 2.05) is 0 Å². The Bertz CT molecular complexity index is 117. The molecular formula is C8H15ClOS. The minimum Gasteiger partial charge on any atom is -0.288 e. The number of rotatable bonds is 5. The molecule has 0 fully saturated rings. The van der Waals surface area contributed by atoms with Crippen molar-refractivity contribution in [1.29, 1.82) is 0 Å². The number of halogens is 1. The van der Waals surface area contributed by atoms with E-state index < -0.39 is 0 Å². The van der Waals surface area contributed by atoms with E-state index >= 15 is 0 Å². The molecule has 0 saturated heterocycles. The van der Waals surface area contributed by atoms with Gasteiger partial charge in [-0.15, -0.1) is 11.6 Å². The van der Waals surface area contributed by atoms with E-state index in [4.69, 9.17) is 11.6 Å². The fraction of sp³-hybridized carbons (Fsp3) is 0.875. The van der Waals surface area contributed by atoms with E-state index in [0.29, 0.717) is 0 Å². The van der Waals surface area contributed by atoms with Crippen LogP contribution in [0.4, 0.5) is 0 Å². The predicted octanol–water partition coefficient (Wildman–Crippen LogP) is 3.06. The highest BCUT2D eigenvalue weighted by atomic mass is 35.5. The molecule has 0 heterocycles. The number of hydrogen-bond acceptors (Lipinski definition) is 2. The van der Waals surface area contributed by atoms with E-state index in [2.05, 4.69) is 6.92 Å². The van der Waals surface area contributed by atoms with Gasteiger partial charge in [-0.05, 0) is 6.42 Å². The second-order valence-electron chi connectivity index (χ2n) is 2.54. The van der Waals surface area contributed by atoms with E-state index in [9.17, 15) is 4.79 Å². The standard InChI is InChI=1S/C8H15ClOS/c1-3-4-5-8(9)6-11-7(2)10/h8H,3-6H2,1-2H3. The predicted molar refractivity (Wildman–Crippen MR) is 52.3 cm³/mol. The quantitative estimate of drug-likeness (QED) is 0.626. The molecule has 1 nitrogen and oxygen atoms in total. The van der Waals surface area contributed by atoms with Crippen molar-refractivity contribution >= 4 is 28.5 Å². The highest BCUT2D eigenvalue weighted by Gasteiger charge is 2.04. The zero-order chi connectivity index (χ0) is 8.69. The fourth-order valence-electron chi connectivity index (χ4n) is 0.717. The van der Waals surface area contributed by atoms with Gasteiger partial charge in [0.25, 0.3) is 0 Å². The van der Waals surface area contributed by atoms with Crippen molar-refractivity contribution in [3.8, 4) is 0 Å². The Morgan fingerprint density at radius 1 is 1.64 bits per heavy atom. The van der Waals surface area contributed by atoms with Crippen LogP contribution in [-0.4, -0.2) is 16.2 Å². The zero-order valence-corrected chi connectivity index (χ0v) is 8.67. The largest absolute Gasteiger partial charge is 0.288 e. The third kappa shape index (κ3) is 8.21. The van der Waals surface area contributed by atoms with Crippen LogP contribution in [0.1, 0.15) is 33.1 Å². The summed E-state index contributed by atoms with van der Waals surface area (Å²) in [6, 6.07) is 0. The first-order chi connectivity index (χ1) is 5.16. The van der Waals surface area contributed by atoms with Crippen LogP contribution in [0.5, 0.6) is 0 Å². The molecule has 0 rings (SSSR count). The van der Waals surface area contributed by atoms with Gasteiger partial charge in [0.2, 0.25) is 0 Å². The lowest BCUT2D eigenvalue weighted by Crippen LogP contribution is -2.03. The van der Waals surface area contributed by atoms with Crippen molar-refractivity contribution in [3.63, 3.8) is 0 Å². The highest BCUT2D eigenvalue weighted by Crippen LogP contribution is 2.14. The second-order valence-corrected chi connectivity index (χ2v) is 4.36. The summed E-state index contributed by atoms with van der Waals surface area (Å²) < 4.78 is 0. The first-order valence-electron chi connectivity index (χ1n) is 3.94. The van der Waals surface area contributed by atoms with Gasteiger partial charge in [-0.3, -0.25) is 4.79 Å². The monoisotopic (exact) mass is 194 g/mol. The maximum atomic E-state index is 10.5. The zero-order valence-electron chi connectivity index (χ0n) is 7.10. The van der Waals surface area contributed by atoms with Crippen LogP contribution in [-0.2, 0) is 4.79 Å². The van der Waals surface area contributed by atoms with Crippen molar-refractivity contribution in [2.75, 3.05) is 5.75 Å². The van der Waals surface area contributed by atoms with Gasteiger partial charge in [0.1, 0.15) is 0 Å². The van der Waals surface area contributed by atoms with Crippen LogP contribution in [0.25, 0.3) is 0 Å². The van der Waals surface area contributed by atoms with Crippen LogP contribution in [0.3, 0.4) is 0 Å². The third-order valence-corrected chi connectivity index (χ3v) is 2.87. The van der Waals surface area contributed by atoms with Gasteiger partial charge in [-0.25, -0.2) is 0 Å². The lowest BCUT2D eigenvalue weighted by molar-refractivity contribution is -0.109. The summed E-state index contributed by atoms with van der Waals surface area (Å²) in [4.78, 5) is 10.5. The highest BCUT2D eigenvalue weighted by molar-refractivity contribution is 8.13. The normalized spacial score (nSPS) is 13.0. The van der Waals surface area contributed by atoms with E-state index in [-0.39, 0.29) is 10.5 Å². The van der Waals surface area contributed by atoms with Crippen molar-refractivity contribution < 1.29 is 4.79 Å². The van der Waals surface area contributed by atoms with Gasteiger partial charge in [0, 0.05) is 18.1 Å². The summed E-state index contributed by atoms with van der Waals surface area (Å²) >= 11 is 7.25. The molecule has 1 unspecified atom stereocenters. The molecular weight excluding hydrogens is 180 g/mol. The van der Waals surface area contributed by atoms with E-state index in [1.54, 1.807) is 6.92 Å². The molecule has 0 aliphatic rings. The van der Waals surface area contributed by atoms with Gasteiger partial charge in [0.15, 0.2) is 5.12 Å². The van der Waals surface area contributed by atoms with E-state index in [0.717, 1.165) is 18.6 Å². The lowest BCUT2D eigenvalue weighted by atomic mass is 10.2. The first kappa shape index (κ1) is 11.3. The Balaban J connectivity index is 3.22. The fourth-order valence-corrected chi connectivity index (χ4v) is 1.64. The molecule has 0 bridgehead atoms. The average Bonchev–Trinajstić information content (AvgIpc) is 1.97. The molecule has 0 aromatic rings. The molecule has 1 atom stereocenters. The van der Waals surface area contributed by atoms with Crippen LogP contribution >= 0.6 is 23.4 Å². The Morgan fingerprint density at radius 3 is 2.73 bits per heavy atom. The summed E-state index contributed by atoms with van der Waals surface area (Å²) in [5.41, 5.74) is 0. The molecule has 0 aliphatic carbocycles. The summed E-state index contributed by atoms with van der Waals surface area (Å²) in [6.07, 6.45) is 3.36. The molecule has 0 spiro atoms. The number of alkyl halides is 1. The summed E-state index contributed by atoms with van der Waals surface area (Å²) in [5, 5.41) is 0.330. The van der Waals surface area contributed by atoms with Gasteiger partial charge in [-0.1, -0.05) is 31.5 Å². The Labute approximate surface area is 77.9 Å². The second kappa shape index (κ2) is 6.99. The molecule has 0 aromatic carbocycles. The van der Waals surface area contributed by atoms with Gasteiger partial charge >= 0.3 is 0 Å². The van der Waals surface area contributed by atoms with Crippen LogP contribution in [0, 0.1) is 0 Å². The molecule has 3 heteroatoms. The van der Waals surface area contributed by atoms with E-state index in [1.165, 1.54) is 18.2 Å². The van der Waals surface area contributed by atoms with Crippen molar-refractivity contribution in [1.82, 2.24) is 0 Å². The Kier molecular flexibility index (Phi) is 7.18. The first-order valence-corrected chi connectivity index (χ1v) is 5.36. The Hall–Kier alpha value is 0.310. The maximum absolute atomic E-state index is 10.5. The molecule has 66 valence electrons. The number of carbonyl (C=O) groups excluding carboxylic acids is 1. The van der Waals surface area contributed by atoms with Gasteiger partial charge in [-0.2, -0.15) is 0 Å². The number of unbranched alkanes of at least 4 members (excludes halogenated alkanes) is 1. The summed E-state index contributed by atoms with van der Waals surface area (Å²) in [7, 11) is 0. The minimum atomic E-state index is 0.159. The summed E-state index contributed by atoms with van der Waals surface area (Å²) in [6.45, 7) is 3.72. The molecule has 0 amide bonds. The van der Waals surface area contributed by atoms with Gasteiger partial charge in [0.05, 0.1) is 0 Å². The van der Waals surface area contributed by atoms with Gasteiger partial charge < -0.3 is 0 Å². The summed E-state index contributed by atoms with van der Waals surface area (Å²) in [5.74, 6) is 0.761. The molecule has 0 N–H and O–H groups in total. The lowest BCUT2D eigenvalue weighted by Gasteiger charge is -2.05. The number of hydrogen-bond donors (Lipinski definition) is 0. The number of carbonyl (C=O) groups is 1. The van der Waals surface area contributed by atoms with Crippen molar-refractivity contribution in [2.45, 2.75) is 38.5 Å². The van der Waals surface area contributed by atoms with Crippen LogP contribution in [0.15, 0.2) is 0 Å². The molecule has 0 aromatic heterocycles. The smallest absolute Gasteiger partial charge is 0.185 e. The van der Waals surface area contributed by atoms with Crippen LogP contribution in [0.2, 0.25) is 0 Å². The minimum absolute atomic E-state index is 0.159. The SMILES string of the molecule is CCCCC(Cl)CSC(C)=O. The average molecular weight is 195 g/mol. The molecule has 0 radical (unpaired) electrons. The molecule has 11 heavy (non-hydrogen) atoms. The molecule has 0 aliphatic heterocycles. The molecule has 0 saturated carbocycles. The number of thioether (sulfide) groups is 1. The van der Waals surface area contributed by atoms with Crippen molar-refractivity contribution in [2.24, 2.45) is 0 Å². The van der Waals surface area contributed by atoms with Crippen molar-refractivity contribution in [3.05, 3.63) is 0 Å². The topological polar surface area (TPSA) is 17.1 Å². The maximum Gasteiger partial charge on any atom is 0.185 e.